The van der Waals surface area contributed by atoms with Crippen molar-refractivity contribution >= 4 is 5.69 Å². The maximum atomic E-state index is 14.3. The smallest absolute Gasteiger partial charge is 0.149 e. The van der Waals surface area contributed by atoms with E-state index in [0.29, 0.717) is 18.0 Å². The molecule has 1 fully saturated rings. The number of nitrogens with zero attached hydrogens (tertiary/aromatic N) is 1. The van der Waals surface area contributed by atoms with Crippen molar-refractivity contribution in [3.05, 3.63) is 29.3 Å². The van der Waals surface area contributed by atoms with Crippen LogP contribution in [0.15, 0.2) is 12.1 Å². The lowest BCUT2D eigenvalue weighted by molar-refractivity contribution is 0.422. The Morgan fingerprint density at radius 1 is 1.24 bits per heavy atom. The minimum atomic E-state index is -0.447. The summed E-state index contributed by atoms with van der Waals surface area (Å²) in [4.78, 5) is 1.85. The Balaban J connectivity index is 2.14. The molecule has 118 valence electrons. The normalized spacial score (nSPS) is 19.3. The summed E-state index contributed by atoms with van der Waals surface area (Å²) in [6.07, 6.45) is 2.08. The Morgan fingerprint density at radius 3 is 2.33 bits per heavy atom. The maximum absolute atomic E-state index is 14.3. The number of nitrogens with one attached hydrogen (secondary N) is 1. The summed E-state index contributed by atoms with van der Waals surface area (Å²) >= 11 is 0. The average Bonchev–Trinajstić information content (AvgIpc) is 2.83. The molecule has 4 heteroatoms. The van der Waals surface area contributed by atoms with Crippen LogP contribution in [0.1, 0.15) is 46.1 Å². The zero-order chi connectivity index (χ0) is 15.6. The standard InChI is InChI=1S/C17H26F2N2/c1-5-12-6-7-21(11-12)16-14(18)8-13(9-15(16)19)10-20-17(2,3)4/h8-9,12,20H,5-7,10-11H2,1-4H3. The third-order valence-electron chi connectivity index (χ3n) is 4.08. The minimum Gasteiger partial charge on any atom is -0.367 e. The van der Waals surface area contributed by atoms with E-state index in [4.69, 9.17) is 0 Å². The fraction of sp³-hybridized carbons (Fsp3) is 0.647. The third kappa shape index (κ3) is 4.16. The van der Waals surface area contributed by atoms with E-state index in [9.17, 15) is 8.78 Å². The number of benzene rings is 1. The Labute approximate surface area is 126 Å². The molecule has 1 aliphatic heterocycles. The summed E-state index contributed by atoms with van der Waals surface area (Å²) in [6, 6.07) is 2.91. The number of hydrogen-bond acceptors (Lipinski definition) is 2. The van der Waals surface area contributed by atoms with E-state index in [-0.39, 0.29) is 11.2 Å². The van der Waals surface area contributed by atoms with Crippen LogP contribution < -0.4 is 10.2 Å². The van der Waals surface area contributed by atoms with Crippen molar-refractivity contribution < 1.29 is 8.78 Å². The van der Waals surface area contributed by atoms with Gasteiger partial charge in [0.05, 0.1) is 0 Å². The first-order valence-corrected chi connectivity index (χ1v) is 7.78. The average molecular weight is 296 g/mol. The molecule has 2 nitrogen and oxygen atoms in total. The highest BCUT2D eigenvalue weighted by Gasteiger charge is 2.26. The van der Waals surface area contributed by atoms with Crippen LogP contribution in [0.2, 0.25) is 0 Å². The fourth-order valence-corrected chi connectivity index (χ4v) is 2.76. The summed E-state index contributed by atoms with van der Waals surface area (Å²) < 4.78 is 28.6. The van der Waals surface area contributed by atoms with Crippen molar-refractivity contribution in [3.8, 4) is 0 Å². The summed E-state index contributed by atoms with van der Waals surface area (Å²) in [6.45, 7) is 10.2. The van der Waals surface area contributed by atoms with Gasteiger partial charge in [-0.05, 0) is 50.8 Å². The predicted octanol–water partition coefficient (Wildman–Crippen LogP) is 4.09. The van der Waals surface area contributed by atoms with Gasteiger partial charge in [-0.25, -0.2) is 8.78 Å². The van der Waals surface area contributed by atoms with E-state index in [1.54, 1.807) is 0 Å². The number of anilines is 1. The monoisotopic (exact) mass is 296 g/mol. The van der Waals surface area contributed by atoms with Gasteiger partial charge >= 0.3 is 0 Å². The van der Waals surface area contributed by atoms with E-state index >= 15 is 0 Å². The van der Waals surface area contributed by atoms with E-state index in [1.807, 2.05) is 25.7 Å². The molecule has 2 rings (SSSR count). The Bertz CT molecular complexity index is 471. The van der Waals surface area contributed by atoms with Crippen LogP contribution >= 0.6 is 0 Å². The number of halogens is 2. The second-order valence-electron chi connectivity index (χ2n) is 7.02. The van der Waals surface area contributed by atoms with E-state index in [0.717, 1.165) is 25.9 Å². The van der Waals surface area contributed by atoms with Crippen LogP contribution in [0.25, 0.3) is 0 Å². The zero-order valence-electron chi connectivity index (χ0n) is 13.5. The molecule has 1 aromatic carbocycles. The maximum Gasteiger partial charge on any atom is 0.149 e. The molecule has 0 bridgehead atoms. The third-order valence-corrected chi connectivity index (χ3v) is 4.08. The van der Waals surface area contributed by atoms with Gasteiger partial charge in [-0.2, -0.15) is 0 Å². The molecule has 1 aliphatic rings. The first-order valence-electron chi connectivity index (χ1n) is 7.78. The molecule has 1 saturated heterocycles. The van der Waals surface area contributed by atoms with Crippen molar-refractivity contribution in [2.24, 2.45) is 5.92 Å². The van der Waals surface area contributed by atoms with E-state index in [1.165, 1.54) is 12.1 Å². The largest absolute Gasteiger partial charge is 0.367 e. The van der Waals surface area contributed by atoms with Crippen LogP contribution in [0.4, 0.5) is 14.5 Å². The molecule has 1 atom stereocenters. The van der Waals surface area contributed by atoms with Crippen molar-refractivity contribution in [2.75, 3.05) is 18.0 Å². The van der Waals surface area contributed by atoms with Gasteiger partial charge in [0.2, 0.25) is 0 Å². The zero-order valence-corrected chi connectivity index (χ0v) is 13.5. The molecular weight excluding hydrogens is 270 g/mol. The minimum absolute atomic E-state index is 0.0745. The van der Waals surface area contributed by atoms with Crippen molar-refractivity contribution in [2.45, 2.75) is 52.6 Å². The highest BCUT2D eigenvalue weighted by atomic mass is 19.1. The SMILES string of the molecule is CCC1CCN(c2c(F)cc(CNC(C)(C)C)cc2F)C1. The quantitative estimate of drug-likeness (QED) is 0.900. The lowest BCUT2D eigenvalue weighted by atomic mass is 10.1. The predicted molar refractivity (Wildman–Crippen MR) is 83.6 cm³/mol. The van der Waals surface area contributed by atoms with Crippen LogP contribution in [-0.2, 0) is 6.54 Å². The lowest BCUT2D eigenvalue weighted by Gasteiger charge is -2.23. The second-order valence-corrected chi connectivity index (χ2v) is 7.02. The van der Waals surface area contributed by atoms with Gasteiger partial charge in [0, 0.05) is 25.2 Å². The summed E-state index contributed by atoms with van der Waals surface area (Å²) in [7, 11) is 0. The van der Waals surface area contributed by atoms with Crippen LogP contribution in [-0.4, -0.2) is 18.6 Å². The van der Waals surface area contributed by atoms with Gasteiger partial charge in [0.25, 0.3) is 0 Å². The van der Waals surface area contributed by atoms with Gasteiger partial charge in [0.15, 0.2) is 0 Å². The van der Waals surface area contributed by atoms with Crippen LogP contribution in [0, 0.1) is 17.6 Å². The number of rotatable bonds is 4. The Hall–Kier alpha value is -1.16. The van der Waals surface area contributed by atoms with Gasteiger partial charge in [-0.1, -0.05) is 13.3 Å². The first-order chi connectivity index (χ1) is 9.80. The summed E-state index contributed by atoms with van der Waals surface area (Å²) in [5, 5.41) is 3.25. The van der Waals surface area contributed by atoms with Gasteiger partial charge in [0.1, 0.15) is 17.3 Å². The molecule has 1 unspecified atom stereocenters. The topological polar surface area (TPSA) is 15.3 Å². The van der Waals surface area contributed by atoms with Gasteiger partial charge < -0.3 is 10.2 Å². The molecule has 1 N–H and O–H groups in total. The highest BCUT2D eigenvalue weighted by Crippen LogP contribution is 2.31. The molecule has 0 aliphatic carbocycles. The summed E-state index contributed by atoms with van der Waals surface area (Å²) in [5.74, 6) is -0.346. The summed E-state index contributed by atoms with van der Waals surface area (Å²) in [5.41, 5.74) is 0.718. The van der Waals surface area contributed by atoms with E-state index in [2.05, 4.69) is 12.2 Å². The first kappa shape index (κ1) is 16.2. The van der Waals surface area contributed by atoms with E-state index < -0.39 is 11.6 Å². The van der Waals surface area contributed by atoms with Crippen molar-refractivity contribution in [3.63, 3.8) is 0 Å². The van der Waals surface area contributed by atoms with Crippen molar-refractivity contribution in [1.82, 2.24) is 5.32 Å². The lowest BCUT2D eigenvalue weighted by Crippen LogP contribution is -2.35. The molecule has 21 heavy (non-hydrogen) atoms. The molecule has 1 heterocycles. The Kier molecular flexibility index (Phi) is 4.87. The second kappa shape index (κ2) is 6.30. The van der Waals surface area contributed by atoms with Gasteiger partial charge in [-0.15, -0.1) is 0 Å². The van der Waals surface area contributed by atoms with Crippen LogP contribution in [0.3, 0.4) is 0 Å². The highest BCUT2D eigenvalue weighted by molar-refractivity contribution is 5.51. The molecule has 0 saturated carbocycles. The number of hydrogen-bond donors (Lipinski definition) is 1. The Morgan fingerprint density at radius 2 is 1.86 bits per heavy atom. The fourth-order valence-electron chi connectivity index (χ4n) is 2.76. The molecule has 0 aromatic heterocycles. The molecule has 0 radical (unpaired) electrons. The molecular formula is C17H26F2N2. The van der Waals surface area contributed by atoms with Gasteiger partial charge in [-0.3, -0.25) is 0 Å². The van der Waals surface area contributed by atoms with Crippen molar-refractivity contribution in [1.29, 1.82) is 0 Å². The molecule has 1 aromatic rings. The molecule has 0 spiro atoms. The van der Waals surface area contributed by atoms with Crippen LogP contribution in [0.5, 0.6) is 0 Å². The molecule has 0 amide bonds.